The van der Waals surface area contributed by atoms with Gasteiger partial charge >= 0.3 is 10.5 Å². The highest BCUT2D eigenvalue weighted by atomic mass is 32.2. The molecule has 0 aliphatic carbocycles. The Hall–Kier alpha value is -2.43. The number of nitrogens with two attached hydrogens (primary N) is 1. The monoisotopic (exact) mass is 342 g/mol. The van der Waals surface area contributed by atoms with E-state index in [-0.39, 0.29) is 0 Å². The van der Waals surface area contributed by atoms with Crippen molar-refractivity contribution in [2.75, 3.05) is 10.1 Å². The van der Waals surface area contributed by atoms with Gasteiger partial charge in [-0.25, -0.2) is 5.14 Å². The van der Waals surface area contributed by atoms with Crippen LogP contribution in [-0.4, -0.2) is 16.8 Å². The van der Waals surface area contributed by atoms with Crippen LogP contribution in [0, 0.1) is 0 Å². The minimum atomic E-state index is -3.63. The molecule has 4 N–H and O–H groups in total. The molecular weight excluding hydrogens is 328 g/mol. The van der Waals surface area contributed by atoms with Crippen LogP contribution in [0.25, 0.3) is 0 Å². The van der Waals surface area contributed by atoms with E-state index in [0.29, 0.717) is 11.4 Å². The van der Waals surface area contributed by atoms with E-state index in [9.17, 15) is 16.8 Å². The largest absolute Gasteiger partial charge is 0.332 e. The van der Waals surface area contributed by atoms with E-state index in [4.69, 9.17) is 5.14 Å². The second-order valence-corrected chi connectivity index (χ2v) is 5.71. The molecule has 0 saturated carbocycles. The Labute approximate surface area is 129 Å². The molecule has 0 spiro atoms. The highest BCUT2D eigenvalue weighted by Crippen LogP contribution is 2.05. The molecule has 0 saturated heterocycles. The zero-order valence-electron chi connectivity index (χ0n) is 11.2. The molecule has 0 radical (unpaired) electrons. The molecule has 0 fully saturated rings. The van der Waals surface area contributed by atoms with E-state index >= 15 is 0 Å². The van der Waals surface area contributed by atoms with Crippen molar-refractivity contribution >= 4 is 32.1 Å². The van der Waals surface area contributed by atoms with Gasteiger partial charge in [0, 0.05) is 5.69 Å². The van der Waals surface area contributed by atoms with Gasteiger partial charge in [0.2, 0.25) is 0 Å². The Morgan fingerprint density at radius 2 is 1.32 bits per heavy atom. The maximum atomic E-state index is 10.5. The van der Waals surface area contributed by atoms with E-state index in [0.717, 1.165) is 0 Å². The number of anilines is 2. The topological polar surface area (TPSA) is 131 Å². The Morgan fingerprint density at radius 3 is 1.73 bits per heavy atom. The third-order valence-corrected chi connectivity index (χ3v) is 2.82. The average Bonchev–Trinajstić information content (AvgIpc) is 2.46. The molecule has 2 aromatic carbocycles. The van der Waals surface area contributed by atoms with Gasteiger partial charge in [-0.3, -0.25) is 10.1 Å². The lowest BCUT2D eigenvalue weighted by Crippen LogP contribution is -2.21. The zero-order chi connectivity index (χ0) is 16.4. The van der Waals surface area contributed by atoms with Crippen molar-refractivity contribution in [2.24, 2.45) is 9.61 Å². The van der Waals surface area contributed by atoms with Gasteiger partial charge in [0.05, 0.1) is 5.69 Å². The molecule has 0 amide bonds. The first kappa shape index (κ1) is 17.6. The fourth-order valence-corrected chi connectivity index (χ4v) is 1.92. The fourth-order valence-electron chi connectivity index (χ4n) is 1.27. The van der Waals surface area contributed by atoms with Crippen molar-refractivity contribution in [3.8, 4) is 0 Å². The highest BCUT2D eigenvalue weighted by Gasteiger charge is 1.98. The van der Waals surface area contributed by atoms with Crippen LogP contribution < -0.4 is 15.3 Å². The molecule has 0 unspecified atom stereocenters. The van der Waals surface area contributed by atoms with Gasteiger partial charge in [-0.05, 0) is 24.3 Å². The molecule has 0 aliphatic heterocycles. The molecule has 2 rings (SSSR count). The average molecular weight is 342 g/mol. The fraction of sp³-hybridized carbons (Fsp3) is 0. The van der Waals surface area contributed by atoms with Gasteiger partial charge in [0.1, 0.15) is 0 Å². The molecular formula is C12H14N4O4S2. The molecule has 0 heterocycles. The Balaban J connectivity index is 0.000000220. The van der Waals surface area contributed by atoms with Crippen LogP contribution in [0.2, 0.25) is 0 Å². The van der Waals surface area contributed by atoms with Crippen LogP contribution in [0.1, 0.15) is 0 Å². The third-order valence-electron chi connectivity index (χ3n) is 2.06. The summed E-state index contributed by atoms with van der Waals surface area (Å²) in [5, 5.41) is 4.73. The Bertz CT molecular complexity index is 799. The summed E-state index contributed by atoms with van der Waals surface area (Å²) < 4.78 is 46.0. The smallest absolute Gasteiger partial charge is 0.271 e. The number of nitrogens with zero attached hydrogens (tertiary/aromatic N) is 1. The van der Waals surface area contributed by atoms with Crippen molar-refractivity contribution in [1.29, 1.82) is 0 Å². The summed E-state index contributed by atoms with van der Waals surface area (Å²) in [6.07, 6.45) is 0. The van der Waals surface area contributed by atoms with Crippen LogP contribution >= 0.6 is 0 Å². The quantitative estimate of drug-likeness (QED) is 0.722. The number of nitrogens with one attached hydrogen (secondary N) is 2. The molecule has 0 aliphatic rings. The normalized spacial score (nSPS) is 9.86. The minimum Gasteiger partial charge on any atom is -0.271 e. The first-order valence-corrected chi connectivity index (χ1v) is 8.41. The third kappa shape index (κ3) is 8.68. The highest BCUT2D eigenvalue weighted by molar-refractivity contribution is 7.90. The summed E-state index contributed by atoms with van der Waals surface area (Å²) in [5.41, 5.74) is 3.47. The van der Waals surface area contributed by atoms with E-state index in [1.165, 1.54) is 0 Å². The van der Waals surface area contributed by atoms with Gasteiger partial charge in [-0.15, -0.1) is 0 Å². The molecule has 22 heavy (non-hydrogen) atoms. The molecule has 2 aromatic rings. The summed E-state index contributed by atoms with van der Waals surface area (Å²) >= 11 is 0. The van der Waals surface area contributed by atoms with E-state index < -0.39 is 20.7 Å². The summed E-state index contributed by atoms with van der Waals surface area (Å²) in [4.78, 5) is 0. The standard InChI is InChI=1S/C6H8N2O2S.C6H6N2O2S/c7-11(9,10)8-6-4-2-1-3-5-6;9-11(10)8-7-6-4-2-1-3-5-6/h1-5,8H,(H2,7,9,10);1-5,7H. The van der Waals surface area contributed by atoms with E-state index in [1.54, 1.807) is 54.6 Å². The van der Waals surface area contributed by atoms with Gasteiger partial charge in [-0.1, -0.05) is 40.9 Å². The zero-order valence-corrected chi connectivity index (χ0v) is 12.9. The predicted octanol–water partition coefficient (Wildman–Crippen LogP) is 1.38. The van der Waals surface area contributed by atoms with Crippen molar-refractivity contribution < 1.29 is 16.8 Å². The minimum absolute atomic E-state index is 0.468. The molecule has 0 bridgehead atoms. The maximum Gasteiger partial charge on any atom is 0.332 e. The van der Waals surface area contributed by atoms with Crippen LogP contribution in [0.3, 0.4) is 0 Å². The molecule has 118 valence electrons. The second-order valence-electron chi connectivity index (χ2n) is 3.80. The lowest BCUT2D eigenvalue weighted by Gasteiger charge is -2.00. The van der Waals surface area contributed by atoms with Crippen molar-refractivity contribution in [3.05, 3.63) is 60.7 Å². The Morgan fingerprint density at radius 1 is 0.864 bits per heavy atom. The first-order valence-electron chi connectivity index (χ1n) is 5.83. The summed E-state index contributed by atoms with van der Waals surface area (Å²) in [6.45, 7) is 0. The second kappa shape index (κ2) is 8.77. The SMILES string of the molecule is NS(=O)(=O)Nc1ccccc1.O=S(=O)=NNc1ccccc1. The molecule has 8 nitrogen and oxygen atoms in total. The lowest BCUT2D eigenvalue weighted by atomic mass is 10.3. The first-order chi connectivity index (χ1) is 10.4. The number of rotatable bonds is 4. The number of hydrogen-bond acceptors (Lipinski definition) is 5. The van der Waals surface area contributed by atoms with Gasteiger partial charge < -0.3 is 0 Å². The van der Waals surface area contributed by atoms with Crippen LogP contribution in [-0.2, 0) is 20.7 Å². The van der Waals surface area contributed by atoms with Crippen molar-refractivity contribution in [1.82, 2.24) is 0 Å². The molecule has 0 atom stereocenters. The van der Waals surface area contributed by atoms with E-state index in [2.05, 4.69) is 14.6 Å². The van der Waals surface area contributed by atoms with Crippen LogP contribution in [0.5, 0.6) is 0 Å². The number of hydrogen-bond donors (Lipinski definition) is 3. The lowest BCUT2D eigenvalue weighted by molar-refractivity contribution is 0.602. The molecule has 0 aromatic heterocycles. The summed E-state index contributed by atoms with van der Waals surface area (Å²) in [5.74, 6) is 0. The summed E-state index contributed by atoms with van der Waals surface area (Å²) in [7, 11) is -6.03. The Kier molecular flexibility index (Phi) is 7.02. The number of para-hydroxylation sites is 2. The molecule has 10 heteroatoms. The van der Waals surface area contributed by atoms with Crippen molar-refractivity contribution in [3.63, 3.8) is 0 Å². The van der Waals surface area contributed by atoms with Gasteiger partial charge in [0.25, 0.3) is 10.2 Å². The van der Waals surface area contributed by atoms with Crippen LogP contribution in [0.4, 0.5) is 11.4 Å². The maximum absolute atomic E-state index is 10.5. The predicted molar refractivity (Wildman–Crippen MR) is 84.6 cm³/mol. The van der Waals surface area contributed by atoms with Crippen molar-refractivity contribution in [2.45, 2.75) is 0 Å². The summed E-state index contributed by atoms with van der Waals surface area (Å²) in [6, 6.07) is 17.3. The van der Waals surface area contributed by atoms with E-state index in [1.807, 2.05) is 6.07 Å². The van der Waals surface area contributed by atoms with Gasteiger partial charge in [-0.2, -0.15) is 16.8 Å². The number of benzene rings is 2. The van der Waals surface area contributed by atoms with Gasteiger partial charge in [0.15, 0.2) is 0 Å². The van der Waals surface area contributed by atoms with Crippen LogP contribution in [0.15, 0.2) is 65.1 Å².